The molecule has 2 rings (SSSR count). The molecule has 0 radical (unpaired) electrons. The number of piperidine rings is 1. The summed E-state index contributed by atoms with van der Waals surface area (Å²) in [7, 11) is 0. The van der Waals surface area contributed by atoms with Crippen LogP contribution in [0.25, 0.3) is 0 Å². The van der Waals surface area contributed by atoms with E-state index in [1.54, 1.807) is 24.3 Å². The topological polar surface area (TPSA) is 20.3 Å². The number of halogens is 2. The lowest BCUT2D eigenvalue weighted by atomic mass is 9.99. The van der Waals surface area contributed by atoms with Gasteiger partial charge in [0, 0.05) is 29.0 Å². The lowest BCUT2D eigenvalue weighted by Crippen LogP contribution is -2.40. The van der Waals surface area contributed by atoms with E-state index in [4.69, 9.17) is 11.6 Å². The third-order valence-corrected chi connectivity index (χ3v) is 4.28. The van der Waals surface area contributed by atoms with Crippen LogP contribution in [0.1, 0.15) is 23.2 Å². The molecule has 1 atom stereocenters. The van der Waals surface area contributed by atoms with Gasteiger partial charge in [-0.2, -0.15) is 0 Å². The number of rotatable bonds is 2. The standard InChI is InChI=1S/C13H15BrClNO/c14-8-10-2-1-7-16(9-10)13(17)11-3-5-12(15)6-4-11/h3-6,10H,1-2,7-9H2. The minimum absolute atomic E-state index is 0.118. The molecule has 1 amide bonds. The van der Waals surface area contributed by atoms with Crippen molar-refractivity contribution < 1.29 is 4.79 Å². The number of likely N-dealkylation sites (tertiary alicyclic amines) is 1. The second-order valence-corrected chi connectivity index (χ2v) is 5.50. The van der Waals surface area contributed by atoms with Gasteiger partial charge in [0.1, 0.15) is 0 Å². The summed E-state index contributed by atoms with van der Waals surface area (Å²) in [6.07, 6.45) is 2.30. The average Bonchev–Trinajstić information content (AvgIpc) is 2.39. The molecule has 1 aliphatic heterocycles. The van der Waals surface area contributed by atoms with Gasteiger partial charge in [0.2, 0.25) is 0 Å². The maximum absolute atomic E-state index is 12.2. The minimum Gasteiger partial charge on any atom is -0.338 e. The zero-order chi connectivity index (χ0) is 12.3. The number of carbonyl (C=O) groups excluding carboxylic acids is 1. The summed E-state index contributed by atoms with van der Waals surface area (Å²) < 4.78 is 0. The van der Waals surface area contributed by atoms with Crippen LogP contribution in [-0.2, 0) is 0 Å². The van der Waals surface area contributed by atoms with Crippen LogP contribution in [-0.4, -0.2) is 29.2 Å². The van der Waals surface area contributed by atoms with Gasteiger partial charge in [-0.25, -0.2) is 0 Å². The monoisotopic (exact) mass is 315 g/mol. The van der Waals surface area contributed by atoms with E-state index < -0.39 is 0 Å². The second kappa shape index (κ2) is 5.87. The summed E-state index contributed by atoms with van der Waals surface area (Å²) in [5.41, 5.74) is 0.727. The summed E-state index contributed by atoms with van der Waals surface area (Å²) in [5, 5.41) is 1.63. The van der Waals surface area contributed by atoms with Crippen LogP contribution in [0.15, 0.2) is 24.3 Å². The summed E-state index contributed by atoms with van der Waals surface area (Å²) in [5.74, 6) is 0.701. The molecule has 1 saturated heterocycles. The van der Waals surface area contributed by atoms with Crippen LogP contribution in [0.4, 0.5) is 0 Å². The van der Waals surface area contributed by atoms with Crippen molar-refractivity contribution in [2.24, 2.45) is 5.92 Å². The maximum Gasteiger partial charge on any atom is 0.253 e. The lowest BCUT2D eigenvalue weighted by Gasteiger charge is -2.32. The van der Waals surface area contributed by atoms with Crippen LogP contribution in [0, 0.1) is 5.92 Å². The molecule has 92 valence electrons. The van der Waals surface area contributed by atoms with Crippen molar-refractivity contribution in [2.75, 3.05) is 18.4 Å². The lowest BCUT2D eigenvalue weighted by molar-refractivity contribution is 0.0686. The Bertz CT molecular complexity index is 393. The van der Waals surface area contributed by atoms with Crippen molar-refractivity contribution in [1.29, 1.82) is 0 Å². The van der Waals surface area contributed by atoms with E-state index >= 15 is 0 Å². The fourth-order valence-electron chi connectivity index (χ4n) is 2.15. The van der Waals surface area contributed by atoms with Crippen molar-refractivity contribution in [3.63, 3.8) is 0 Å². The first-order valence-electron chi connectivity index (χ1n) is 5.81. The summed E-state index contributed by atoms with van der Waals surface area (Å²) in [6.45, 7) is 1.72. The van der Waals surface area contributed by atoms with Crippen LogP contribution >= 0.6 is 27.5 Å². The van der Waals surface area contributed by atoms with Crippen LogP contribution in [0.5, 0.6) is 0 Å². The number of alkyl halides is 1. The van der Waals surface area contributed by atoms with E-state index in [1.165, 1.54) is 6.42 Å². The van der Waals surface area contributed by atoms with E-state index in [-0.39, 0.29) is 5.91 Å². The van der Waals surface area contributed by atoms with Gasteiger partial charge < -0.3 is 4.90 Å². The highest BCUT2D eigenvalue weighted by Gasteiger charge is 2.23. The van der Waals surface area contributed by atoms with Crippen LogP contribution < -0.4 is 0 Å². The van der Waals surface area contributed by atoms with E-state index in [1.807, 2.05) is 4.90 Å². The van der Waals surface area contributed by atoms with Gasteiger partial charge in [0.15, 0.2) is 0 Å². The number of amides is 1. The second-order valence-electron chi connectivity index (χ2n) is 4.42. The predicted octanol–water partition coefficient (Wildman–Crippen LogP) is 3.59. The molecule has 0 saturated carbocycles. The Hall–Kier alpha value is -0.540. The molecule has 0 spiro atoms. The number of benzene rings is 1. The number of carbonyl (C=O) groups is 1. The fourth-order valence-corrected chi connectivity index (χ4v) is 2.80. The SMILES string of the molecule is O=C(c1ccc(Cl)cc1)N1CCCC(CBr)C1. The average molecular weight is 317 g/mol. The zero-order valence-electron chi connectivity index (χ0n) is 9.53. The maximum atomic E-state index is 12.2. The zero-order valence-corrected chi connectivity index (χ0v) is 11.9. The van der Waals surface area contributed by atoms with Gasteiger partial charge in [-0.1, -0.05) is 27.5 Å². The molecule has 17 heavy (non-hydrogen) atoms. The first-order valence-corrected chi connectivity index (χ1v) is 7.31. The molecule has 0 aromatic heterocycles. The Kier molecular flexibility index (Phi) is 4.46. The predicted molar refractivity (Wildman–Crippen MR) is 73.9 cm³/mol. The van der Waals surface area contributed by atoms with Gasteiger partial charge in [-0.15, -0.1) is 0 Å². The molecule has 0 aliphatic carbocycles. The normalized spacial score (nSPS) is 20.4. The molecular weight excluding hydrogens is 302 g/mol. The molecule has 1 aromatic carbocycles. The highest BCUT2D eigenvalue weighted by atomic mass is 79.9. The van der Waals surface area contributed by atoms with Gasteiger partial charge in [-0.05, 0) is 43.0 Å². The Morgan fingerprint density at radius 2 is 2.12 bits per heavy atom. The van der Waals surface area contributed by atoms with Gasteiger partial charge in [0.05, 0.1) is 0 Å². The first kappa shape index (κ1) is 12.9. The van der Waals surface area contributed by atoms with Gasteiger partial charge >= 0.3 is 0 Å². The van der Waals surface area contributed by atoms with E-state index in [2.05, 4.69) is 15.9 Å². The molecule has 1 fully saturated rings. The quantitative estimate of drug-likeness (QED) is 0.764. The van der Waals surface area contributed by atoms with E-state index in [9.17, 15) is 4.79 Å². The fraction of sp³-hybridized carbons (Fsp3) is 0.462. The Balaban J connectivity index is 2.06. The number of nitrogens with zero attached hydrogens (tertiary/aromatic N) is 1. The van der Waals surface area contributed by atoms with Crippen LogP contribution in [0.3, 0.4) is 0 Å². The third kappa shape index (κ3) is 3.23. The molecule has 1 unspecified atom stereocenters. The number of hydrogen-bond donors (Lipinski definition) is 0. The third-order valence-electron chi connectivity index (χ3n) is 3.12. The Morgan fingerprint density at radius 1 is 1.41 bits per heavy atom. The smallest absolute Gasteiger partial charge is 0.253 e. The van der Waals surface area contributed by atoms with E-state index in [0.29, 0.717) is 10.9 Å². The summed E-state index contributed by atoms with van der Waals surface area (Å²) in [4.78, 5) is 14.2. The Labute approximate surface area is 115 Å². The minimum atomic E-state index is 0.118. The highest BCUT2D eigenvalue weighted by molar-refractivity contribution is 9.09. The molecule has 2 nitrogen and oxygen atoms in total. The molecule has 1 aromatic rings. The summed E-state index contributed by atoms with van der Waals surface area (Å²) >= 11 is 9.31. The molecule has 0 N–H and O–H groups in total. The molecule has 1 aliphatic rings. The van der Waals surface area contributed by atoms with Gasteiger partial charge in [0.25, 0.3) is 5.91 Å². The molecule has 4 heteroatoms. The molecule has 0 bridgehead atoms. The van der Waals surface area contributed by atoms with Crippen molar-refractivity contribution in [1.82, 2.24) is 4.90 Å². The van der Waals surface area contributed by atoms with Crippen molar-refractivity contribution in [3.05, 3.63) is 34.9 Å². The molecule has 1 heterocycles. The summed E-state index contributed by atoms with van der Waals surface area (Å²) in [6, 6.07) is 7.12. The van der Waals surface area contributed by atoms with E-state index in [0.717, 1.165) is 30.4 Å². The van der Waals surface area contributed by atoms with Crippen molar-refractivity contribution in [2.45, 2.75) is 12.8 Å². The largest absolute Gasteiger partial charge is 0.338 e. The van der Waals surface area contributed by atoms with Crippen LogP contribution in [0.2, 0.25) is 5.02 Å². The highest BCUT2D eigenvalue weighted by Crippen LogP contribution is 2.20. The van der Waals surface area contributed by atoms with Crippen molar-refractivity contribution >= 4 is 33.4 Å². The number of hydrogen-bond acceptors (Lipinski definition) is 1. The van der Waals surface area contributed by atoms with Gasteiger partial charge in [-0.3, -0.25) is 4.79 Å². The molecular formula is C13H15BrClNO. The Morgan fingerprint density at radius 3 is 2.76 bits per heavy atom. The van der Waals surface area contributed by atoms with Crippen molar-refractivity contribution in [3.8, 4) is 0 Å². The first-order chi connectivity index (χ1) is 8.20.